The molecule has 1 atom stereocenters. The van der Waals surface area contributed by atoms with Crippen LogP contribution in [0.3, 0.4) is 0 Å². The topological polar surface area (TPSA) is 67.9 Å². The van der Waals surface area contributed by atoms with Crippen molar-refractivity contribution in [3.63, 3.8) is 0 Å². The van der Waals surface area contributed by atoms with E-state index in [1.807, 2.05) is 0 Å². The molecule has 2 rings (SSSR count). The van der Waals surface area contributed by atoms with Gasteiger partial charge in [0, 0.05) is 30.2 Å². The van der Waals surface area contributed by atoms with E-state index < -0.39 is 10.0 Å². The van der Waals surface area contributed by atoms with Crippen molar-refractivity contribution in [2.45, 2.75) is 17.4 Å². The second-order valence-corrected chi connectivity index (χ2v) is 7.63. The lowest BCUT2D eigenvalue weighted by Crippen LogP contribution is -2.38. The van der Waals surface area contributed by atoms with Crippen LogP contribution in [0.1, 0.15) is 6.42 Å². The molecule has 6 nitrogen and oxygen atoms in total. The maximum absolute atomic E-state index is 12.8. The quantitative estimate of drug-likeness (QED) is 0.839. The third-order valence-corrected chi connectivity index (χ3v) is 6.51. The van der Waals surface area contributed by atoms with Crippen LogP contribution in [0.2, 0.25) is 0 Å². The standard InChI is InChI=1S/C13H19BrN2O4S/c1-16(9-4-5-15-8-9)21(17,18)13-7-12(20-3)11(19-2)6-10(13)14/h6-7,9,15H,4-5,8H2,1-3H3/t9-/m1/s1. The summed E-state index contributed by atoms with van der Waals surface area (Å²) in [5, 5.41) is 3.17. The van der Waals surface area contributed by atoms with Crippen molar-refractivity contribution in [3.8, 4) is 11.5 Å². The first-order valence-electron chi connectivity index (χ1n) is 6.52. The molecule has 1 N–H and O–H groups in total. The van der Waals surface area contributed by atoms with Crippen molar-refractivity contribution >= 4 is 26.0 Å². The number of hydrogen-bond acceptors (Lipinski definition) is 5. The van der Waals surface area contributed by atoms with Crippen LogP contribution in [-0.2, 0) is 10.0 Å². The molecule has 0 aliphatic carbocycles. The van der Waals surface area contributed by atoms with Crippen LogP contribution in [0.4, 0.5) is 0 Å². The monoisotopic (exact) mass is 378 g/mol. The van der Waals surface area contributed by atoms with E-state index in [-0.39, 0.29) is 10.9 Å². The molecule has 21 heavy (non-hydrogen) atoms. The van der Waals surface area contributed by atoms with Gasteiger partial charge in [-0.3, -0.25) is 0 Å². The molecule has 1 aliphatic heterocycles. The SMILES string of the molecule is COc1cc(Br)c(S(=O)(=O)N(C)[C@@H]2CCNC2)cc1OC. The number of nitrogens with zero attached hydrogens (tertiary/aromatic N) is 1. The van der Waals surface area contributed by atoms with Gasteiger partial charge in [0.05, 0.1) is 14.2 Å². The number of ether oxygens (including phenoxy) is 2. The smallest absolute Gasteiger partial charge is 0.244 e. The lowest BCUT2D eigenvalue weighted by Gasteiger charge is -2.24. The van der Waals surface area contributed by atoms with Crippen LogP contribution in [0.15, 0.2) is 21.5 Å². The Labute approximate surface area is 133 Å². The Morgan fingerprint density at radius 3 is 2.43 bits per heavy atom. The lowest BCUT2D eigenvalue weighted by molar-refractivity contribution is 0.352. The first-order chi connectivity index (χ1) is 9.91. The number of benzene rings is 1. The minimum Gasteiger partial charge on any atom is -0.493 e. The lowest BCUT2D eigenvalue weighted by atomic mass is 10.3. The van der Waals surface area contributed by atoms with Crippen molar-refractivity contribution in [1.29, 1.82) is 0 Å². The van der Waals surface area contributed by atoms with E-state index in [0.717, 1.165) is 13.0 Å². The van der Waals surface area contributed by atoms with Gasteiger partial charge in [0.15, 0.2) is 11.5 Å². The number of hydrogen-bond donors (Lipinski definition) is 1. The van der Waals surface area contributed by atoms with Gasteiger partial charge >= 0.3 is 0 Å². The first kappa shape index (κ1) is 16.5. The minimum atomic E-state index is -3.60. The van der Waals surface area contributed by atoms with Crippen LogP contribution < -0.4 is 14.8 Å². The molecule has 1 saturated heterocycles. The van der Waals surface area contributed by atoms with Gasteiger partial charge in [-0.1, -0.05) is 0 Å². The maximum atomic E-state index is 12.8. The van der Waals surface area contributed by atoms with Crippen LogP contribution in [0, 0.1) is 0 Å². The van der Waals surface area contributed by atoms with E-state index in [9.17, 15) is 8.42 Å². The van der Waals surface area contributed by atoms with E-state index in [1.165, 1.54) is 24.6 Å². The summed E-state index contributed by atoms with van der Waals surface area (Å²) in [7, 11) is 0.995. The van der Waals surface area contributed by atoms with Crippen LogP contribution in [-0.4, -0.2) is 53.1 Å². The summed E-state index contributed by atoms with van der Waals surface area (Å²) in [5.41, 5.74) is 0. The Bertz CT molecular complexity index is 615. The number of sulfonamides is 1. The zero-order valence-corrected chi connectivity index (χ0v) is 14.6. The van der Waals surface area contributed by atoms with E-state index in [4.69, 9.17) is 9.47 Å². The number of nitrogens with one attached hydrogen (secondary N) is 1. The minimum absolute atomic E-state index is 0.0324. The first-order valence-corrected chi connectivity index (χ1v) is 8.75. The van der Waals surface area contributed by atoms with Crippen LogP contribution >= 0.6 is 15.9 Å². The summed E-state index contributed by atoms with van der Waals surface area (Å²) >= 11 is 3.31. The Hall–Kier alpha value is -0.830. The van der Waals surface area contributed by atoms with E-state index in [0.29, 0.717) is 22.5 Å². The van der Waals surface area contributed by atoms with Gasteiger partial charge in [0.1, 0.15) is 4.90 Å². The molecule has 1 aliphatic rings. The number of rotatable bonds is 5. The summed E-state index contributed by atoms with van der Waals surface area (Å²) in [6, 6.07) is 3.05. The molecule has 1 fully saturated rings. The van der Waals surface area contributed by atoms with Gasteiger partial charge in [-0.25, -0.2) is 8.42 Å². The molecule has 0 radical (unpaired) electrons. The van der Waals surface area contributed by atoms with Crippen LogP contribution in [0.5, 0.6) is 11.5 Å². The molecule has 0 aromatic heterocycles. The van der Waals surface area contributed by atoms with Gasteiger partial charge in [-0.2, -0.15) is 4.31 Å². The molecule has 118 valence electrons. The molecule has 8 heteroatoms. The summed E-state index contributed by atoms with van der Waals surface area (Å²) in [5.74, 6) is 0.866. The van der Waals surface area contributed by atoms with Crippen molar-refractivity contribution in [2.24, 2.45) is 0 Å². The zero-order chi connectivity index (χ0) is 15.6. The fourth-order valence-corrected chi connectivity index (χ4v) is 4.71. The number of methoxy groups -OCH3 is 2. The average molecular weight is 379 g/mol. The summed E-state index contributed by atoms with van der Waals surface area (Å²) in [6.45, 7) is 1.50. The summed E-state index contributed by atoms with van der Waals surface area (Å²) in [4.78, 5) is 0.176. The fourth-order valence-electron chi connectivity index (χ4n) is 2.33. The maximum Gasteiger partial charge on any atom is 0.244 e. The highest BCUT2D eigenvalue weighted by molar-refractivity contribution is 9.10. The normalized spacial score (nSPS) is 19.0. The summed E-state index contributed by atoms with van der Waals surface area (Å²) < 4.78 is 37.8. The molecule has 1 heterocycles. The molecular weight excluding hydrogens is 360 g/mol. The third kappa shape index (κ3) is 3.18. The average Bonchev–Trinajstić information content (AvgIpc) is 2.99. The van der Waals surface area contributed by atoms with E-state index >= 15 is 0 Å². The molecule has 1 aromatic rings. The molecule has 0 unspecified atom stereocenters. The van der Waals surface area contributed by atoms with Gasteiger partial charge in [-0.15, -0.1) is 0 Å². The van der Waals surface area contributed by atoms with Crippen molar-refractivity contribution in [1.82, 2.24) is 9.62 Å². The Kier molecular flexibility index (Phi) is 5.13. The molecule has 0 spiro atoms. The van der Waals surface area contributed by atoms with Crippen molar-refractivity contribution in [2.75, 3.05) is 34.4 Å². The Morgan fingerprint density at radius 2 is 1.90 bits per heavy atom. The number of likely N-dealkylation sites (N-methyl/N-ethyl adjacent to an activating group) is 1. The zero-order valence-electron chi connectivity index (χ0n) is 12.2. The Balaban J connectivity index is 2.44. The molecule has 0 saturated carbocycles. The highest BCUT2D eigenvalue weighted by atomic mass is 79.9. The predicted molar refractivity (Wildman–Crippen MR) is 83.5 cm³/mol. The largest absolute Gasteiger partial charge is 0.493 e. The van der Waals surface area contributed by atoms with Gasteiger partial charge in [-0.05, 0) is 35.0 Å². The highest BCUT2D eigenvalue weighted by Gasteiger charge is 2.32. The molecular formula is C13H19BrN2O4S. The highest BCUT2D eigenvalue weighted by Crippen LogP contribution is 2.37. The van der Waals surface area contributed by atoms with E-state index in [2.05, 4.69) is 21.2 Å². The predicted octanol–water partition coefficient (Wildman–Crippen LogP) is 1.45. The molecule has 0 bridgehead atoms. The van der Waals surface area contributed by atoms with Gasteiger partial charge in [0.25, 0.3) is 0 Å². The number of halogens is 1. The van der Waals surface area contributed by atoms with Crippen molar-refractivity contribution < 1.29 is 17.9 Å². The summed E-state index contributed by atoms with van der Waals surface area (Å²) in [6.07, 6.45) is 0.806. The molecule has 0 amide bonds. The third-order valence-electron chi connectivity index (χ3n) is 3.64. The van der Waals surface area contributed by atoms with Gasteiger partial charge < -0.3 is 14.8 Å². The fraction of sp³-hybridized carbons (Fsp3) is 0.538. The van der Waals surface area contributed by atoms with Gasteiger partial charge in [0.2, 0.25) is 10.0 Å². The Morgan fingerprint density at radius 1 is 1.29 bits per heavy atom. The van der Waals surface area contributed by atoms with Crippen LogP contribution in [0.25, 0.3) is 0 Å². The molecule has 1 aromatic carbocycles. The van der Waals surface area contributed by atoms with E-state index in [1.54, 1.807) is 13.1 Å². The van der Waals surface area contributed by atoms with Crippen molar-refractivity contribution in [3.05, 3.63) is 16.6 Å². The second kappa shape index (κ2) is 6.51. The second-order valence-electron chi connectivity index (χ2n) is 4.81.